The van der Waals surface area contributed by atoms with Crippen molar-refractivity contribution in [2.75, 3.05) is 52.5 Å². The van der Waals surface area contributed by atoms with Crippen LogP contribution >= 0.6 is 0 Å². The molecule has 0 saturated carbocycles. The van der Waals surface area contributed by atoms with Crippen LogP contribution in [0.25, 0.3) is 0 Å². The average Bonchev–Trinajstić information content (AvgIpc) is 1.63. The number of benzene rings is 2. The first-order chi connectivity index (χ1) is 58.5. The van der Waals surface area contributed by atoms with E-state index in [4.69, 9.17) is 33.8 Å². The van der Waals surface area contributed by atoms with E-state index in [0.29, 0.717) is 24.8 Å². The van der Waals surface area contributed by atoms with Crippen LogP contribution in [0.5, 0.6) is 5.75 Å². The highest BCUT2D eigenvalue weighted by Gasteiger charge is 2.42. The van der Waals surface area contributed by atoms with E-state index in [2.05, 4.69) is 79.8 Å². The molecule has 124 heavy (non-hydrogen) atoms. The molecule has 1 saturated heterocycles. The second-order valence-corrected chi connectivity index (χ2v) is 29.7. The van der Waals surface area contributed by atoms with Crippen molar-refractivity contribution >= 4 is 118 Å². The topological polar surface area (TPSA) is 777 Å². The summed E-state index contributed by atoms with van der Waals surface area (Å²) in [6, 6.07) is -9.37. The maximum absolute atomic E-state index is 14.4. The number of phenolic OH excluding ortho intramolecular Hbond substituents is 1. The van der Waals surface area contributed by atoms with E-state index in [1.807, 2.05) is 6.92 Å². The van der Waals surface area contributed by atoms with Crippen LogP contribution in [-0.4, -0.2) is 297 Å². The zero-order valence-electron chi connectivity index (χ0n) is 69.7. The number of nitrogens with one attached hydrogen (secondary N) is 15. The van der Waals surface area contributed by atoms with Gasteiger partial charge in [-0.25, -0.2) is 0 Å². The van der Waals surface area contributed by atoms with Gasteiger partial charge in [0.1, 0.15) is 90.8 Å². The minimum Gasteiger partial charge on any atom is -0.508 e. The predicted octanol–water partition coefficient (Wildman–Crippen LogP) is -11.2. The third kappa shape index (κ3) is 36.6. The molecule has 1 heterocycles. The first-order valence-electron chi connectivity index (χ1n) is 40.1. The molecule has 1 aliphatic heterocycles. The minimum absolute atomic E-state index is 0.0114. The molecule has 47 nitrogen and oxygen atoms in total. The van der Waals surface area contributed by atoms with Crippen LogP contribution < -0.4 is 108 Å². The molecule has 3 rings (SSSR count). The smallest absolute Gasteiger partial charge is 0.322 e. The fourth-order valence-electron chi connectivity index (χ4n) is 12.2. The summed E-state index contributed by atoms with van der Waals surface area (Å²) in [5, 5.41) is 95.3. The van der Waals surface area contributed by atoms with Crippen molar-refractivity contribution in [2.45, 2.75) is 222 Å². The zero-order chi connectivity index (χ0) is 93.2. The lowest BCUT2D eigenvalue weighted by molar-refractivity contribution is -0.143. The van der Waals surface area contributed by atoms with Gasteiger partial charge in [-0.2, -0.15) is 0 Å². The molecule has 2 aromatic rings. The molecule has 17 atom stereocenters. The number of carbonyl (C=O) groups excluding carboxylic acids is 19. The number of aliphatic carboxylic acids is 1. The first-order valence-corrected chi connectivity index (χ1v) is 40.1. The number of nitrogens with zero attached hydrogens (tertiary/aromatic N) is 1. The molecule has 0 radical (unpaired) electrons. The molecule has 1 fully saturated rings. The number of nitrogens with two attached hydrogens (primary N) is 5. The number of amides is 19. The highest BCUT2D eigenvalue weighted by atomic mass is 16.4. The van der Waals surface area contributed by atoms with E-state index >= 15 is 0 Å². The van der Waals surface area contributed by atoms with Crippen LogP contribution in [0.4, 0.5) is 0 Å². The molecule has 2 aromatic carbocycles. The number of unbranched alkanes of at least 4 members (excludes halogenated alkanes) is 1. The van der Waals surface area contributed by atoms with Crippen LogP contribution in [0.2, 0.25) is 0 Å². The van der Waals surface area contributed by atoms with Crippen molar-refractivity contribution in [1.82, 2.24) is 84.7 Å². The fourth-order valence-corrected chi connectivity index (χ4v) is 12.2. The quantitative estimate of drug-likeness (QED) is 0.0274. The Labute approximate surface area is 713 Å². The summed E-state index contributed by atoms with van der Waals surface area (Å²) in [7, 11) is 0. The second-order valence-electron chi connectivity index (χ2n) is 29.7. The van der Waals surface area contributed by atoms with Crippen molar-refractivity contribution in [3.63, 3.8) is 0 Å². The van der Waals surface area contributed by atoms with Crippen LogP contribution in [0.1, 0.15) is 130 Å². The van der Waals surface area contributed by atoms with E-state index in [1.165, 1.54) is 24.3 Å². The summed E-state index contributed by atoms with van der Waals surface area (Å²) in [5.41, 5.74) is 28.8. The molecule has 19 amide bonds. The van der Waals surface area contributed by atoms with Crippen molar-refractivity contribution in [3.8, 4) is 5.75 Å². The standard InChI is InChI=1S/C77H119N21O26/c1-7-38(3)61(82)74(121)96-62(39(4)8-2)75(122)93-50(31-57(81)106)77(124)98-28-14-18-54(98)73(120)94-51(35-99)66(113)84-32-58(107)83-33-59(108)87-52(36-100)72(119)97-63(41(6)102)76(123)95-53(37-101)71(118)92-48(30-43-19-21-44(103)22-20-43)69(116)86-40(5)64(111)88-47(24-26-56(80)105)68(115)89-45(17-12-13-27-78)67(114)91-49(29-42-15-10-9-11-16-42)70(117)90-46(23-25-55(79)104)65(112)85-34-60(109)110/h9-11,15-16,19-22,38-41,45-54,61-63,99-103H,7-8,12-14,17-18,23-37,78,82H2,1-6H3,(H2,79,104)(H2,80,105)(H2,81,106)(H,83,107)(H,84,113)(H,85,112)(H,86,116)(H,87,108)(H,88,111)(H,89,115)(H,90,117)(H,91,114)(H,92,118)(H,93,122)(H,94,120)(H,95,123)(H,96,121)(H,97,119)(H,109,110)/t38-,39-,40-,41+,45-,46-,47-,48-,49-,50-,51-,52-,53-,54-,61-,62-,63-/m0/s1. The molecule has 1 aliphatic rings. The van der Waals surface area contributed by atoms with Gasteiger partial charge in [-0.1, -0.05) is 83.0 Å². The number of aromatic hydroxyl groups is 1. The van der Waals surface area contributed by atoms with Gasteiger partial charge in [-0.15, -0.1) is 0 Å². The normalized spacial score (nSPS) is 16.1. The molecule has 688 valence electrons. The second kappa shape index (κ2) is 54.0. The summed E-state index contributed by atoms with van der Waals surface area (Å²) in [4.78, 5) is 268. The fraction of sp³-hybridized carbons (Fsp3) is 0.584. The monoisotopic (exact) mass is 1750 g/mol. The van der Waals surface area contributed by atoms with Gasteiger partial charge in [0.25, 0.3) is 0 Å². The summed E-state index contributed by atoms with van der Waals surface area (Å²) >= 11 is 0. The average molecular weight is 1750 g/mol. The maximum atomic E-state index is 14.4. The number of likely N-dealkylation sites (tertiary alicyclic amines) is 1. The number of aliphatic hydroxyl groups is 4. The number of phenols is 1. The van der Waals surface area contributed by atoms with Crippen molar-refractivity contribution < 1.29 is 127 Å². The van der Waals surface area contributed by atoms with Gasteiger partial charge in [-0.05, 0) is 100 Å². The maximum Gasteiger partial charge on any atom is 0.322 e. The Balaban J connectivity index is 1.73. The molecule has 31 N–H and O–H groups in total. The number of rotatable bonds is 56. The van der Waals surface area contributed by atoms with Gasteiger partial charge >= 0.3 is 5.97 Å². The lowest BCUT2D eigenvalue weighted by Gasteiger charge is -2.31. The van der Waals surface area contributed by atoms with E-state index in [9.17, 15) is 121 Å². The molecule has 0 spiro atoms. The molecule has 0 bridgehead atoms. The Bertz CT molecular complexity index is 4030. The molecule has 0 unspecified atom stereocenters. The first kappa shape index (κ1) is 106. The van der Waals surface area contributed by atoms with Gasteiger partial charge < -0.3 is 144 Å². The number of aliphatic hydroxyl groups excluding tert-OH is 4. The Morgan fingerprint density at radius 3 is 1.40 bits per heavy atom. The van der Waals surface area contributed by atoms with Crippen LogP contribution in [0.3, 0.4) is 0 Å². The van der Waals surface area contributed by atoms with Gasteiger partial charge in [0, 0.05) is 32.2 Å². The molecular formula is C77H119N21O26. The third-order valence-electron chi connectivity index (χ3n) is 19.9. The number of carboxylic acids is 1. The number of hydrogen-bond acceptors (Lipinski definition) is 27. The van der Waals surface area contributed by atoms with Gasteiger partial charge in [0.15, 0.2) is 0 Å². The molecular weight excluding hydrogens is 1630 g/mol. The summed E-state index contributed by atoms with van der Waals surface area (Å²) in [6.07, 6.45) is -3.63. The Hall–Kier alpha value is -12.6. The number of hydrogen-bond donors (Lipinski definition) is 26. The van der Waals surface area contributed by atoms with Gasteiger partial charge in [-0.3, -0.25) is 95.9 Å². The van der Waals surface area contributed by atoms with E-state index in [1.54, 1.807) is 51.1 Å². The van der Waals surface area contributed by atoms with E-state index < -0.39 is 286 Å². The van der Waals surface area contributed by atoms with Crippen molar-refractivity contribution in [2.24, 2.45) is 40.5 Å². The van der Waals surface area contributed by atoms with Crippen molar-refractivity contribution in [3.05, 3.63) is 65.7 Å². The summed E-state index contributed by atoms with van der Waals surface area (Å²) in [5.74, 6) is -22.3. The van der Waals surface area contributed by atoms with Crippen LogP contribution in [0, 0.1) is 11.8 Å². The SMILES string of the molecule is CC[C@H](C)[C@H](N)C(=O)N[C@H](C(=O)N[C@@H](CC(N)=O)C(=O)N1CCC[C@H]1C(=O)N[C@@H](CO)C(=O)NCC(=O)NCC(=O)N[C@@H](CO)C(=O)N[C@H](C(=O)N[C@@H](CO)C(=O)N[C@@H](Cc1ccc(O)cc1)C(=O)N[C@@H](C)C(=O)N[C@@H](CCC(N)=O)C(=O)N[C@@H](CCCCN)C(=O)N[C@@H](Cc1ccccc1)C(=O)N[C@@H](CCC(N)=O)C(=O)NCC(=O)O)[C@@H](C)O)[C@@H](C)CC. The Morgan fingerprint density at radius 2 is 0.879 bits per heavy atom. The third-order valence-corrected chi connectivity index (χ3v) is 19.9. The number of primary amides is 3. The molecule has 0 aromatic heterocycles. The molecule has 47 heteroatoms. The summed E-state index contributed by atoms with van der Waals surface area (Å²) in [6.45, 7) is 2.98. The highest BCUT2D eigenvalue weighted by Crippen LogP contribution is 2.22. The lowest BCUT2D eigenvalue weighted by Crippen LogP contribution is -2.62. The number of carboxylic acid groups (broad SMARTS) is 1. The minimum atomic E-state index is -2.05. The highest BCUT2D eigenvalue weighted by molar-refractivity contribution is 6.02. The lowest BCUT2D eigenvalue weighted by atomic mass is 9.95. The zero-order valence-corrected chi connectivity index (χ0v) is 69.7. The van der Waals surface area contributed by atoms with Crippen LogP contribution in [-0.2, 0) is 109 Å². The number of carbonyl (C=O) groups is 20. The van der Waals surface area contributed by atoms with Gasteiger partial charge in [0.05, 0.1) is 51.5 Å². The molecule has 0 aliphatic carbocycles. The van der Waals surface area contributed by atoms with E-state index in [0.717, 1.165) is 18.7 Å². The Kier molecular flexibility index (Phi) is 46.0. The van der Waals surface area contributed by atoms with E-state index in [-0.39, 0.29) is 68.8 Å². The van der Waals surface area contributed by atoms with Crippen LogP contribution in [0.15, 0.2) is 54.6 Å². The van der Waals surface area contributed by atoms with Gasteiger partial charge in [0.2, 0.25) is 112 Å². The van der Waals surface area contributed by atoms with Crippen molar-refractivity contribution in [1.29, 1.82) is 0 Å². The predicted molar refractivity (Wildman–Crippen MR) is 436 cm³/mol. The largest absolute Gasteiger partial charge is 0.508 e. The Morgan fingerprint density at radius 1 is 0.444 bits per heavy atom. The summed E-state index contributed by atoms with van der Waals surface area (Å²) < 4.78 is 0.